The van der Waals surface area contributed by atoms with Gasteiger partial charge in [0.15, 0.2) is 0 Å². The van der Waals surface area contributed by atoms with Gasteiger partial charge < -0.3 is 13.3 Å². The Balaban J connectivity index is 2.28. The third-order valence-corrected chi connectivity index (χ3v) is 7.06. The minimum Gasteiger partial charge on any atom is -0.374 e. The molecule has 4 heteroatoms. The fourth-order valence-corrected chi connectivity index (χ4v) is 5.76. The smallest absolute Gasteiger partial charge is 0.374 e. The van der Waals surface area contributed by atoms with Crippen LogP contribution in [0.15, 0.2) is 0 Å². The van der Waals surface area contributed by atoms with E-state index in [-0.39, 0.29) is 0 Å². The second kappa shape index (κ2) is 9.92. The van der Waals surface area contributed by atoms with Gasteiger partial charge in [0.1, 0.15) is 0 Å². The van der Waals surface area contributed by atoms with Gasteiger partial charge in [-0.2, -0.15) is 0 Å². The first kappa shape index (κ1) is 17.1. The molecule has 114 valence electrons. The summed E-state index contributed by atoms with van der Waals surface area (Å²) in [5.41, 5.74) is 0. The van der Waals surface area contributed by atoms with Gasteiger partial charge in [-0.05, 0) is 33.1 Å². The second-order valence-electron chi connectivity index (χ2n) is 5.38. The van der Waals surface area contributed by atoms with Gasteiger partial charge in [0.05, 0.1) is 0 Å². The van der Waals surface area contributed by atoms with E-state index < -0.39 is 8.80 Å². The molecular weight excluding hydrogens is 256 g/mol. The zero-order chi connectivity index (χ0) is 14.0. The number of unbranched alkanes of at least 4 members (excludes halogenated alkanes) is 1. The molecule has 3 nitrogen and oxygen atoms in total. The van der Waals surface area contributed by atoms with Crippen molar-refractivity contribution in [1.82, 2.24) is 0 Å². The maximum Gasteiger partial charge on any atom is 0.500 e. The molecule has 1 fully saturated rings. The lowest BCUT2D eigenvalue weighted by molar-refractivity contribution is 0.0705. The lowest BCUT2D eigenvalue weighted by Crippen LogP contribution is -2.45. The molecule has 0 aromatic rings. The van der Waals surface area contributed by atoms with Crippen LogP contribution in [0.25, 0.3) is 0 Å². The Labute approximate surface area is 120 Å². The number of hydrogen-bond acceptors (Lipinski definition) is 3. The lowest BCUT2D eigenvalue weighted by atomic mass is 10.0. The monoisotopic (exact) mass is 288 g/mol. The standard InChI is InChI=1S/C15H32O3Si/c1-4-16-19(17-5-2,18-6-3)14-10-9-13-15-11-7-8-12-15/h15H,4-14H2,1-3H3. The van der Waals surface area contributed by atoms with E-state index in [0.29, 0.717) is 19.8 Å². The summed E-state index contributed by atoms with van der Waals surface area (Å²) in [7, 11) is -2.37. The summed E-state index contributed by atoms with van der Waals surface area (Å²) >= 11 is 0. The fraction of sp³-hybridized carbons (Fsp3) is 1.00. The normalized spacial score (nSPS) is 17.2. The Morgan fingerprint density at radius 3 is 1.84 bits per heavy atom. The van der Waals surface area contributed by atoms with Gasteiger partial charge in [0.2, 0.25) is 0 Å². The number of hydrogen-bond donors (Lipinski definition) is 0. The summed E-state index contributed by atoms with van der Waals surface area (Å²) in [5, 5.41) is 0. The van der Waals surface area contributed by atoms with Crippen molar-refractivity contribution in [2.45, 2.75) is 71.8 Å². The van der Waals surface area contributed by atoms with Crippen LogP contribution in [-0.2, 0) is 13.3 Å². The highest BCUT2D eigenvalue weighted by molar-refractivity contribution is 6.60. The van der Waals surface area contributed by atoms with Crippen molar-refractivity contribution in [3.05, 3.63) is 0 Å². The Morgan fingerprint density at radius 2 is 1.37 bits per heavy atom. The third-order valence-electron chi connectivity index (χ3n) is 3.91. The van der Waals surface area contributed by atoms with Crippen molar-refractivity contribution in [3.63, 3.8) is 0 Å². The van der Waals surface area contributed by atoms with E-state index in [1.54, 1.807) is 0 Å². The van der Waals surface area contributed by atoms with Crippen LogP contribution in [0.4, 0.5) is 0 Å². The first-order valence-electron chi connectivity index (χ1n) is 8.18. The number of rotatable bonds is 11. The van der Waals surface area contributed by atoms with Gasteiger partial charge in [-0.15, -0.1) is 0 Å². The molecule has 1 aliphatic rings. The Morgan fingerprint density at radius 1 is 0.842 bits per heavy atom. The first-order chi connectivity index (χ1) is 9.26. The average Bonchev–Trinajstić information content (AvgIpc) is 2.89. The molecule has 0 heterocycles. The minimum atomic E-state index is -2.37. The summed E-state index contributed by atoms with van der Waals surface area (Å²) in [4.78, 5) is 0. The lowest BCUT2D eigenvalue weighted by Gasteiger charge is -2.28. The Bertz CT molecular complexity index is 200. The zero-order valence-corrected chi connectivity index (χ0v) is 14.1. The molecule has 0 radical (unpaired) electrons. The quantitative estimate of drug-likeness (QED) is 0.417. The van der Waals surface area contributed by atoms with Crippen LogP contribution in [0.3, 0.4) is 0 Å². The zero-order valence-electron chi connectivity index (χ0n) is 13.1. The summed E-state index contributed by atoms with van der Waals surface area (Å²) in [6.07, 6.45) is 9.65. The predicted molar refractivity (Wildman–Crippen MR) is 81.2 cm³/mol. The maximum absolute atomic E-state index is 5.88. The van der Waals surface area contributed by atoms with Crippen LogP contribution in [0.1, 0.15) is 65.7 Å². The second-order valence-corrected chi connectivity index (χ2v) is 8.11. The van der Waals surface area contributed by atoms with Gasteiger partial charge in [0, 0.05) is 25.9 Å². The van der Waals surface area contributed by atoms with Crippen LogP contribution < -0.4 is 0 Å². The van der Waals surface area contributed by atoms with Gasteiger partial charge >= 0.3 is 8.80 Å². The van der Waals surface area contributed by atoms with Crippen molar-refractivity contribution < 1.29 is 13.3 Å². The van der Waals surface area contributed by atoms with Gasteiger partial charge in [-0.3, -0.25) is 0 Å². The van der Waals surface area contributed by atoms with Gasteiger partial charge in [-0.1, -0.05) is 38.5 Å². The highest BCUT2D eigenvalue weighted by Crippen LogP contribution is 2.30. The van der Waals surface area contributed by atoms with Gasteiger partial charge in [-0.25, -0.2) is 0 Å². The van der Waals surface area contributed by atoms with Crippen LogP contribution in [-0.4, -0.2) is 28.6 Å². The maximum atomic E-state index is 5.88. The predicted octanol–water partition coefficient (Wildman–Crippen LogP) is 4.40. The SMILES string of the molecule is CCO[Si](CCCCC1CCCC1)(OCC)OCC. The summed E-state index contributed by atoms with van der Waals surface area (Å²) < 4.78 is 17.6. The van der Waals surface area contributed by atoms with Crippen LogP contribution in [0.2, 0.25) is 6.04 Å². The largest absolute Gasteiger partial charge is 0.500 e. The summed E-state index contributed by atoms with van der Waals surface area (Å²) in [6, 6.07) is 0.981. The molecule has 0 amide bonds. The van der Waals surface area contributed by atoms with E-state index >= 15 is 0 Å². The molecule has 0 spiro atoms. The van der Waals surface area contributed by atoms with Crippen molar-refractivity contribution in [3.8, 4) is 0 Å². The minimum absolute atomic E-state index is 0.689. The molecular formula is C15H32O3Si. The van der Waals surface area contributed by atoms with Gasteiger partial charge in [0.25, 0.3) is 0 Å². The van der Waals surface area contributed by atoms with E-state index in [1.165, 1.54) is 44.9 Å². The highest BCUT2D eigenvalue weighted by Gasteiger charge is 2.39. The Hall–Kier alpha value is 0.0969. The van der Waals surface area contributed by atoms with E-state index in [4.69, 9.17) is 13.3 Å². The molecule has 0 atom stereocenters. The molecule has 1 aliphatic carbocycles. The van der Waals surface area contributed by atoms with E-state index in [1.807, 2.05) is 20.8 Å². The molecule has 1 saturated carbocycles. The van der Waals surface area contributed by atoms with E-state index in [9.17, 15) is 0 Å². The molecule has 0 unspecified atom stereocenters. The molecule has 0 N–H and O–H groups in total. The van der Waals surface area contributed by atoms with Crippen molar-refractivity contribution in [1.29, 1.82) is 0 Å². The average molecular weight is 289 g/mol. The van der Waals surface area contributed by atoms with Crippen molar-refractivity contribution in [2.24, 2.45) is 5.92 Å². The molecule has 0 bridgehead atoms. The van der Waals surface area contributed by atoms with Crippen LogP contribution >= 0.6 is 0 Å². The fourth-order valence-electron chi connectivity index (χ4n) is 3.07. The van der Waals surface area contributed by atoms with Crippen LogP contribution in [0, 0.1) is 5.92 Å². The molecule has 0 aromatic carbocycles. The van der Waals surface area contributed by atoms with Crippen molar-refractivity contribution >= 4 is 8.80 Å². The first-order valence-corrected chi connectivity index (χ1v) is 10.1. The molecule has 19 heavy (non-hydrogen) atoms. The topological polar surface area (TPSA) is 27.7 Å². The molecule has 0 aromatic heterocycles. The van der Waals surface area contributed by atoms with E-state index in [0.717, 1.165) is 12.0 Å². The summed E-state index contributed by atoms with van der Waals surface area (Å²) in [6.45, 7) is 8.15. The Kier molecular flexibility index (Phi) is 8.95. The molecule has 0 saturated heterocycles. The molecule has 1 rings (SSSR count). The highest BCUT2D eigenvalue weighted by atomic mass is 28.4. The molecule has 0 aliphatic heterocycles. The summed E-state index contributed by atoms with van der Waals surface area (Å²) in [5.74, 6) is 0.988. The third kappa shape index (κ3) is 6.39. The van der Waals surface area contributed by atoms with Crippen molar-refractivity contribution in [2.75, 3.05) is 19.8 Å². The van der Waals surface area contributed by atoms with E-state index in [2.05, 4.69) is 0 Å². The van der Waals surface area contributed by atoms with Crippen LogP contribution in [0.5, 0.6) is 0 Å².